The quantitative estimate of drug-likeness (QED) is 0.432. The molecule has 1 saturated heterocycles. The van der Waals surface area contributed by atoms with Crippen LogP contribution in [0.25, 0.3) is 5.76 Å². The van der Waals surface area contributed by atoms with Crippen molar-refractivity contribution in [3.8, 4) is 0 Å². The average Bonchev–Trinajstić information content (AvgIpc) is 3.37. The van der Waals surface area contributed by atoms with E-state index in [0.717, 1.165) is 23.5 Å². The van der Waals surface area contributed by atoms with Crippen molar-refractivity contribution in [2.24, 2.45) is 0 Å². The maximum Gasteiger partial charge on any atom is 0.301 e. The van der Waals surface area contributed by atoms with Crippen LogP contribution in [0.5, 0.6) is 0 Å². The summed E-state index contributed by atoms with van der Waals surface area (Å²) in [7, 11) is 0. The minimum Gasteiger partial charge on any atom is -0.507 e. The van der Waals surface area contributed by atoms with Crippen LogP contribution in [0, 0.1) is 5.82 Å². The molecule has 1 unspecified atom stereocenters. The molecule has 1 aliphatic heterocycles. The van der Waals surface area contributed by atoms with Crippen molar-refractivity contribution in [3.05, 3.63) is 70.9 Å². The van der Waals surface area contributed by atoms with Gasteiger partial charge < -0.3 is 9.52 Å². The summed E-state index contributed by atoms with van der Waals surface area (Å²) < 4.78 is 18.2. The first-order valence-corrected chi connectivity index (χ1v) is 8.31. The molecule has 26 heavy (non-hydrogen) atoms. The molecule has 0 saturated carbocycles. The number of benzene rings is 1. The number of carbonyl (C=O) groups excluding carboxylic acids is 2. The lowest BCUT2D eigenvalue weighted by molar-refractivity contribution is -0.132. The number of Topliss-reactive ketones (excluding diaryl/α,β-unsaturated/α-hetero) is 1. The molecular weight excluding hydrogens is 361 g/mol. The molecule has 7 nitrogen and oxygen atoms in total. The molecule has 1 N–H and O–H groups in total. The van der Waals surface area contributed by atoms with Crippen LogP contribution in [-0.2, 0) is 9.59 Å². The second-order valence-electron chi connectivity index (χ2n) is 5.45. The first-order chi connectivity index (χ1) is 12.6. The van der Waals surface area contributed by atoms with E-state index in [4.69, 9.17) is 4.42 Å². The third kappa shape index (κ3) is 2.49. The SMILES string of the molecule is O=C1C(=O)N(c2nncs2)C(c2ccoc2)/C1=C(\O)c1ccc(F)cc1. The van der Waals surface area contributed by atoms with Crippen molar-refractivity contribution in [2.45, 2.75) is 6.04 Å². The summed E-state index contributed by atoms with van der Waals surface area (Å²) in [6.07, 6.45) is 2.77. The Hall–Kier alpha value is -3.33. The van der Waals surface area contributed by atoms with Crippen LogP contribution in [0.4, 0.5) is 9.52 Å². The number of aliphatic hydroxyl groups excluding tert-OH is 1. The lowest BCUT2D eigenvalue weighted by Crippen LogP contribution is -2.29. The fourth-order valence-electron chi connectivity index (χ4n) is 2.81. The fourth-order valence-corrected chi connectivity index (χ4v) is 3.40. The predicted octanol–water partition coefficient (Wildman–Crippen LogP) is 2.90. The third-order valence-electron chi connectivity index (χ3n) is 3.98. The number of hydrogen-bond donors (Lipinski definition) is 1. The van der Waals surface area contributed by atoms with Crippen LogP contribution >= 0.6 is 11.3 Å². The monoisotopic (exact) mass is 371 g/mol. The highest BCUT2D eigenvalue weighted by Crippen LogP contribution is 2.42. The number of amides is 1. The van der Waals surface area contributed by atoms with E-state index < -0.39 is 29.3 Å². The Morgan fingerprint density at radius 1 is 1.23 bits per heavy atom. The Morgan fingerprint density at radius 3 is 2.62 bits per heavy atom. The molecule has 2 aromatic heterocycles. The molecule has 1 fully saturated rings. The molecule has 0 radical (unpaired) electrons. The summed E-state index contributed by atoms with van der Waals surface area (Å²) in [6, 6.07) is 5.63. The summed E-state index contributed by atoms with van der Waals surface area (Å²) in [4.78, 5) is 26.4. The summed E-state index contributed by atoms with van der Waals surface area (Å²) >= 11 is 1.08. The van der Waals surface area contributed by atoms with Gasteiger partial charge in [0.05, 0.1) is 18.1 Å². The van der Waals surface area contributed by atoms with Gasteiger partial charge in [-0.1, -0.05) is 11.3 Å². The number of halogens is 1. The molecule has 9 heteroatoms. The molecule has 0 spiro atoms. The Morgan fingerprint density at radius 2 is 2.00 bits per heavy atom. The smallest absolute Gasteiger partial charge is 0.301 e. The zero-order valence-corrected chi connectivity index (χ0v) is 13.8. The molecule has 1 aromatic carbocycles. The lowest BCUT2D eigenvalue weighted by atomic mass is 9.97. The van der Waals surface area contributed by atoms with Gasteiger partial charge in [0.2, 0.25) is 5.13 Å². The average molecular weight is 371 g/mol. The number of furan rings is 1. The molecule has 0 aliphatic carbocycles. The highest BCUT2D eigenvalue weighted by atomic mass is 32.1. The predicted molar refractivity (Wildman–Crippen MR) is 89.8 cm³/mol. The molecule has 1 amide bonds. The van der Waals surface area contributed by atoms with E-state index >= 15 is 0 Å². The van der Waals surface area contributed by atoms with E-state index in [2.05, 4.69) is 10.2 Å². The van der Waals surface area contributed by atoms with Crippen molar-refractivity contribution >= 4 is 33.9 Å². The van der Waals surface area contributed by atoms with Gasteiger partial charge in [0.25, 0.3) is 5.78 Å². The largest absolute Gasteiger partial charge is 0.507 e. The van der Waals surface area contributed by atoms with Crippen molar-refractivity contribution in [2.75, 3.05) is 4.90 Å². The van der Waals surface area contributed by atoms with E-state index in [1.54, 1.807) is 6.07 Å². The number of rotatable bonds is 3. The van der Waals surface area contributed by atoms with Gasteiger partial charge in [-0.2, -0.15) is 0 Å². The highest BCUT2D eigenvalue weighted by Gasteiger charge is 2.48. The highest BCUT2D eigenvalue weighted by molar-refractivity contribution is 7.13. The Kier molecular flexibility index (Phi) is 3.85. The molecule has 0 bridgehead atoms. The molecule has 1 aliphatic rings. The lowest BCUT2D eigenvalue weighted by Gasteiger charge is -2.20. The molecule has 4 rings (SSSR count). The molecule has 3 aromatic rings. The van der Waals surface area contributed by atoms with Crippen LogP contribution in [0.15, 0.2) is 58.4 Å². The number of aromatic nitrogens is 2. The van der Waals surface area contributed by atoms with Crippen LogP contribution < -0.4 is 4.90 Å². The van der Waals surface area contributed by atoms with Gasteiger partial charge >= 0.3 is 5.91 Å². The van der Waals surface area contributed by atoms with E-state index in [-0.39, 0.29) is 16.3 Å². The van der Waals surface area contributed by atoms with Crippen molar-refractivity contribution in [3.63, 3.8) is 0 Å². The number of ketones is 1. The van der Waals surface area contributed by atoms with Crippen molar-refractivity contribution in [1.29, 1.82) is 0 Å². The molecular formula is C17H10FN3O4S. The van der Waals surface area contributed by atoms with Gasteiger partial charge in [-0.3, -0.25) is 14.5 Å². The van der Waals surface area contributed by atoms with E-state index in [0.29, 0.717) is 5.56 Å². The van der Waals surface area contributed by atoms with Crippen molar-refractivity contribution < 1.29 is 23.5 Å². The standard InChI is InChI=1S/C17H10FN3O4S/c18-11-3-1-9(2-4-11)14(22)12-13(10-5-6-25-7-10)21(16(24)15(12)23)17-20-19-8-26-17/h1-8,13,22H/b14-12+. The van der Waals surface area contributed by atoms with Gasteiger partial charge in [-0.15, -0.1) is 10.2 Å². The Bertz CT molecular complexity index is 997. The summed E-state index contributed by atoms with van der Waals surface area (Å²) in [6.45, 7) is 0. The van der Waals surface area contributed by atoms with Gasteiger partial charge in [0, 0.05) is 11.1 Å². The Labute approximate surface area is 150 Å². The van der Waals surface area contributed by atoms with Gasteiger partial charge in [-0.25, -0.2) is 4.39 Å². The first kappa shape index (κ1) is 16.2. The van der Waals surface area contributed by atoms with E-state index in [1.807, 2.05) is 0 Å². The zero-order valence-electron chi connectivity index (χ0n) is 13.0. The second-order valence-corrected chi connectivity index (χ2v) is 6.27. The molecule has 1 atom stereocenters. The second kappa shape index (κ2) is 6.19. The topological polar surface area (TPSA) is 96.5 Å². The van der Waals surface area contributed by atoms with Crippen LogP contribution in [0.3, 0.4) is 0 Å². The fraction of sp³-hybridized carbons (Fsp3) is 0.0588. The first-order valence-electron chi connectivity index (χ1n) is 7.43. The minimum absolute atomic E-state index is 0.127. The van der Waals surface area contributed by atoms with Crippen LogP contribution in [-0.4, -0.2) is 27.0 Å². The normalized spacial score (nSPS) is 19.3. The summed E-state index contributed by atoms with van der Waals surface area (Å²) in [5, 5.41) is 18.5. The van der Waals surface area contributed by atoms with Crippen LogP contribution in [0.1, 0.15) is 17.2 Å². The zero-order chi connectivity index (χ0) is 18.3. The Balaban J connectivity index is 1.92. The minimum atomic E-state index is -0.924. The maximum absolute atomic E-state index is 13.2. The number of aliphatic hydroxyl groups is 1. The number of nitrogens with zero attached hydrogens (tertiary/aromatic N) is 3. The molecule has 3 heterocycles. The summed E-state index contributed by atoms with van der Waals surface area (Å²) in [5.41, 5.74) is 2.01. The van der Waals surface area contributed by atoms with Gasteiger partial charge in [-0.05, 0) is 30.3 Å². The van der Waals surface area contributed by atoms with Crippen molar-refractivity contribution in [1.82, 2.24) is 10.2 Å². The van der Waals surface area contributed by atoms with Gasteiger partial charge in [0.1, 0.15) is 23.1 Å². The maximum atomic E-state index is 13.2. The number of anilines is 1. The number of hydrogen-bond acceptors (Lipinski definition) is 7. The number of carbonyl (C=O) groups is 2. The van der Waals surface area contributed by atoms with Crippen LogP contribution in [0.2, 0.25) is 0 Å². The molecule has 130 valence electrons. The van der Waals surface area contributed by atoms with Gasteiger partial charge in [0.15, 0.2) is 0 Å². The van der Waals surface area contributed by atoms with E-state index in [9.17, 15) is 19.1 Å². The summed E-state index contributed by atoms with van der Waals surface area (Å²) in [5.74, 6) is -2.59. The van der Waals surface area contributed by atoms with E-state index in [1.165, 1.54) is 35.1 Å². The third-order valence-corrected chi connectivity index (χ3v) is 4.66.